The Morgan fingerprint density at radius 1 is 1.37 bits per heavy atom. The van der Waals surface area contributed by atoms with Crippen molar-refractivity contribution in [1.29, 1.82) is 0 Å². The standard InChI is InChI=1S/C15H20BrNO2/c1-11-2-5-13(10-11)17-15(18)8-9-19-14-6-3-12(16)4-7-14/h3-4,6-7,11,13H,2,5,8-10H2,1H3,(H,17,18). The van der Waals surface area contributed by atoms with E-state index in [0.717, 1.165) is 29.0 Å². The van der Waals surface area contributed by atoms with E-state index in [1.165, 1.54) is 6.42 Å². The largest absolute Gasteiger partial charge is 0.493 e. The van der Waals surface area contributed by atoms with Gasteiger partial charge in [-0.2, -0.15) is 0 Å². The average molecular weight is 326 g/mol. The third kappa shape index (κ3) is 4.86. The van der Waals surface area contributed by atoms with Crippen LogP contribution in [0.25, 0.3) is 0 Å². The van der Waals surface area contributed by atoms with Crippen LogP contribution >= 0.6 is 15.9 Å². The molecule has 2 unspecified atom stereocenters. The third-order valence-corrected chi connectivity index (χ3v) is 4.00. The fourth-order valence-electron chi connectivity index (χ4n) is 2.43. The summed E-state index contributed by atoms with van der Waals surface area (Å²) in [5, 5.41) is 3.08. The second-order valence-electron chi connectivity index (χ2n) is 5.24. The number of amides is 1. The van der Waals surface area contributed by atoms with Gasteiger partial charge in [0.05, 0.1) is 13.0 Å². The first-order valence-corrected chi connectivity index (χ1v) is 7.60. The van der Waals surface area contributed by atoms with E-state index in [1.54, 1.807) is 0 Å². The first-order chi connectivity index (χ1) is 9.13. The number of ether oxygens (including phenoxy) is 1. The third-order valence-electron chi connectivity index (χ3n) is 3.47. The van der Waals surface area contributed by atoms with Gasteiger partial charge in [-0.05, 0) is 49.4 Å². The van der Waals surface area contributed by atoms with Crippen molar-refractivity contribution in [2.45, 2.75) is 38.6 Å². The van der Waals surface area contributed by atoms with Gasteiger partial charge in [0, 0.05) is 10.5 Å². The fraction of sp³-hybridized carbons (Fsp3) is 0.533. The molecule has 1 fully saturated rings. The van der Waals surface area contributed by atoms with Crippen LogP contribution in [0.15, 0.2) is 28.7 Å². The molecule has 1 saturated carbocycles. The molecule has 1 aromatic carbocycles. The Balaban J connectivity index is 1.65. The van der Waals surface area contributed by atoms with E-state index in [9.17, 15) is 4.79 Å². The first kappa shape index (κ1) is 14.4. The lowest BCUT2D eigenvalue weighted by Crippen LogP contribution is -2.33. The Morgan fingerprint density at radius 2 is 2.11 bits per heavy atom. The van der Waals surface area contributed by atoms with Crippen LogP contribution in [-0.4, -0.2) is 18.6 Å². The maximum atomic E-state index is 11.8. The van der Waals surface area contributed by atoms with E-state index in [-0.39, 0.29) is 5.91 Å². The number of hydrogen-bond acceptors (Lipinski definition) is 2. The highest BCUT2D eigenvalue weighted by atomic mass is 79.9. The van der Waals surface area contributed by atoms with Gasteiger partial charge in [-0.1, -0.05) is 22.9 Å². The summed E-state index contributed by atoms with van der Waals surface area (Å²) in [6.07, 6.45) is 3.86. The van der Waals surface area contributed by atoms with E-state index >= 15 is 0 Å². The zero-order valence-corrected chi connectivity index (χ0v) is 12.8. The Bertz CT molecular complexity index is 419. The van der Waals surface area contributed by atoms with Crippen LogP contribution < -0.4 is 10.1 Å². The number of carbonyl (C=O) groups is 1. The molecule has 1 aromatic rings. The van der Waals surface area contributed by atoms with Crippen molar-refractivity contribution in [3.63, 3.8) is 0 Å². The van der Waals surface area contributed by atoms with Gasteiger partial charge >= 0.3 is 0 Å². The van der Waals surface area contributed by atoms with Gasteiger partial charge in [0.25, 0.3) is 0 Å². The summed E-state index contributed by atoms with van der Waals surface area (Å²) in [5.41, 5.74) is 0. The van der Waals surface area contributed by atoms with Crippen LogP contribution in [0.5, 0.6) is 5.75 Å². The quantitative estimate of drug-likeness (QED) is 0.899. The highest BCUT2D eigenvalue weighted by molar-refractivity contribution is 9.10. The van der Waals surface area contributed by atoms with E-state index in [0.29, 0.717) is 19.1 Å². The molecule has 0 saturated heterocycles. The van der Waals surface area contributed by atoms with Crippen molar-refractivity contribution in [3.05, 3.63) is 28.7 Å². The number of benzene rings is 1. The van der Waals surface area contributed by atoms with E-state index < -0.39 is 0 Å². The number of rotatable bonds is 5. The molecule has 0 radical (unpaired) electrons. The first-order valence-electron chi connectivity index (χ1n) is 6.81. The van der Waals surface area contributed by atoms with Gasteiger partial charge in [0.15, 0.2) is 0 Å². The van der Waals surface area contributed by atoms with Gasteiger partial charge in [-0.3, -0.25) is 4.79 Å². The normalized spacial score (nSPS) is 22.2. The maximum Gasteiger partial charge on any atom is 0.223 e. The average Bonchev–Trinajstić information content (AvgIpc) is 2.77. The molecule has 0 spiro atoms. The van der Waals surface area contributed by atoms with Crippen LogP contribution in [0.4, 0.5) is 0 Å². The minimum atomic E-state index is 0.0937. The summed E-state index contributed by atoms with van der Waals surface area (Å²) < 4.78 is 6.56. The maximum absolute atomic E-state index is 11.8. The summed E-state index contributed by atoms with van der Waals surface area (Å²) >= 11 is 3.37. The molecule has 0 aliphatic heterocycles. The highest BCUT2D eigenvalue weighted by Gasteiger charge is 2.22. The molecular weight excluding hydrogens is 306 g/mol. The van der Waals surface area contributed by atoms with Crippen molar-refractivity contribution in [3.8, 4) is 5.75 Å². The van der Waals surface area contributed by atoms with Gasteiger partial charge in [-0.25, -0.2) is 0 Å². The SMILES string of the molecule is CC1CCC(NC(=O)CCOc2ccc(Br)cc2)C1. The van der Waals surface area contributed by atoms with E-state index in [4.69, 9.17) is 4.74 Å². The van der Waals surface area contributed by atoms with Crippen molar-refractivity contribution in [2.24, 2.45) is 5.92 Å². The Labute approximate surface area is 122 Å². The molecule has 2 atom stereocenters. The Kier molecular flexibility index (Phi) is 5.25. The molecule has 3 nitrogen and oxygen atoms in total. The predicted molar refractivity (Wildman–Crippen MR) is 79.2 cm³/mol. The summed E-state index contributed by atoms with van der Waals surface area (Å²) in [6, 6.07) is 8.00. The molecule has 0 heterocycles. The molecular formula is C15H20BrNO2. The predicted octanol–water partition coefficient (Wildman–Crippen LogP) is 3.52. The van der Waals surface area contributed by atoms with Gasteiger partial charge in [0.1, 0.15) is 5.75 Å². The summed E-state index contributed by atoms with van der Waals surface area (Å²) in [6.45, 7) is 2.67. The smallest absolute Gasteiger partial charge is 0.223 e. The molecule has 1 N–H and O–H groups in total. The van der Waals surface area contributed by atoms with Crippen LogP contribution in [-0.2, 0) is 4.79 Å². The van der Waals surface area contributed by atoms with Crippen molar-refractivity contribution >= 4 is 21.8 Å². The molecule has 1 aliphatic rings. The molecule has 2 rings (SSSR count). The fourth-order valence-corrected chi connectivity index (χ4v) is 2.69. The van der Waals surface area contributed by atoms with Gasteiger partial charge < -0.3 is 10.1 Å². The molecule has 1 amide bonds. The molecule has 0 aromatic heterocycles. The summed E-state index contributed by atoms with van der Waals surface area (Å²) in [7, 11) is 0. The second kappa shape index (κ2) is 6.94. The highest BCUT2D eigenvalue weighted by Crippen LogP contribution is 2.24. The van der Waals surface area contributed by atoms with Crippen LogP contribution in [0.2, 0.25) is 0 Å². The lowest BCUT2D eigenvalue weighted by Gasteiger charge is -2.12. The van der Waals surface area contributed by atoms with Gasteiger partial charge in [0.2, 0.25) is 5.91 Å². The molecule has 1 aliphatic carbocycles. The minimum Gasteiger partial charge on any atom is -0.493 e. The van der Waals surface area contributed by atoms with Gasteiger partial charge in [-0.15, -0.1) is 0 Å². The molecule has 0 bridgehead atoms. The Hall–Kier alpha value is -1.03. The van der Waals surface area contributed by atoms with Crippen LogP contribution in [0.3, 0.4) is 0 Å². The minimum absolute atomic E-state index is 0.0937. The molecule has 104 valence electrons. The van der Waals surface area contributed by atoms with Crippen LogP contribution in [0, 0.1) is 5.92 Å². The zero-order chi connectivity index (χ0) is 13.7. The molecule has 4 heteroatoms. The summed E-state index contributed by atoms with van der Waals surface area (Å²) in [5.74, 6) is 1.63. The number of carbonyl (C=O) groups excluding carboxylic acids is 1. The van der Waals surface area contributed by atoms with E-state index in [2.05, 4.69) is 28.2 Å². The van der Waals surface area contributed by atoms with Crippen molar-refractivity contribution in [1.82, 2.24) is 5.32 Å². The summed E-state index contributed by atoms with van der Waals surface area (Å²) in [4.78, 5) is 11.8. The lowest BCUT2D eigenvalue weighted by molar-refractivity contribution is -0.122. The number of halogens is 1. The van der Waals surface area contributed by atoms with Crippen molar-refractivity contribution < 1.29 is 9.53 Å². The second-order valence-corrected chi connectivity index (χ2v) is 6.15. The van der Waals surface area contributed by atoms with E-state index in [1.807, 2.05) is 24.3 Å². The van der Waals surface area contributed by atoms with Crippen molar-refractivity contribution in [2.75, 3.05) is 6.61 Å². The number of nitrogens with one attached hydrogen (secondary N) is 1. The molecule has 19 heavy (non-hydrogen) atoms. The Morgan fingerprint density at radius 3 is 2.74 bits per heavy atom. The monoisotopic (exact) mass is 325 g/mol. The zero-order valence-electron chi connectivity index (χ0n) is 11.2. The topological polar surface area (TPSA) is 38.3 Å². The number of hydrogen-bond donors (Lipinski definition) is 1. The van der Waals surface area contributed by atoms with Crippen LogP contribution in [0.1, 0.15) is 32.6 Å². The lowest BCUT2D eigenvalue weighted by atomic mass is 10.1.